The maximum Gasteiger partial charge on any atom is 0.0958 e. The molecule has 0 aliphatic rings. The van der Waals surface area contributed by atoms with Gasteiger partial charge in [0.1, 0.15) is 0 Å². The molecule has 3 nitrogen and oxygen atoms in total. The van der Waals surface area contributed by atoms with Gasteiger partial charge in [0, 0.05) is 24.2 Å². The van der Waals surface area contributed by atoms with E-state index in [-0.39, 0.29) is 6.04 Å². The summed E-state index contributed by atoms with van der Waals surface area (Å²) in [5.41, 5.74) is 3.34. The first-order chi connectivity index (χ1) is 10.3. The fraction of sp³-hybridized carbons (Fsp3) is 0.235. The van der Waals surface area contributed by atoms with Gasteiger partial charge in [0.15, 0.2) is 0 Å². The molecule has 21 heavy (non-hydrogen) atoms. The van der Waals surface area contributed by atoms with Gasteiger partial charge in [-0.1, -0.05) is 41.9 Å². The van der Waals surface area contributed by atoms with E-state index >= 15 is 0 Å². The highest BCUT2D eigenvalue weighted by atomic mass is 35.5. The molecule has 4 heteroatoms. The Morgan fingerprint density at radius 2 is 1.90 bits per heavy atom. The van der Waals surface area contributed by atoms with Crippen LogP contribution in [-0.2, 0) is 6.54 Å². The first-order valence-corrected chi connectivity index (χ1v) is 7.51. The van der Waals surface area contributed by atoms with E-state index in [1.54, 1.807) is 0 Å². The van der Waals surface area contributed by atoms with Crippen LogP contribution in [0.2, 0.25) is 5.02 Å². The lowest BCUT2D eigenvalue weighted by Crippen LogP contribution is -2.23. The molecule has 0 radical (unpaired) electrons. The largest absolute Gasteiger partial charge is 0.329 e. The maximum absolute atomic E-state index is 6.22. The minimum Gasteiger partial charge on any atom is -0.329 e. The molecule has 0 amide bonds. The normalized spacial score (nSPS) is 12.7. The number of hydrogen-bond donors (Lipinski definition) is 1. The van der Waals surface area contributed by atoms with Gasteiger partial charge in [-0.15, -0.1) is 0 Å². The number of hydrogen-bond acceptors (Lipinski definition) is 2. The second kappa shape index (κ2) is 6.29. The lowest BCUT2D eigenvalue weighted by molar-refractivity contribution is 0.536. The highest BCUT2D eigenvalue weighted by molar-refractivity contribution is 6.31. The molecule has 0 unspecified atom stereocenters. The van der Waals surface area contributed by atoms with E-state index in [0.29, 0.717) is 0 Å². The van der Waals surface area contributed by atoms with Gasteiger partial charge in [-0.2, -0.15) is 0 Å². The smallest absolute Gasteiger partial charge is 0.0958 e. The Morgan fingerprint density at radius 3 is 2.76 bits per heavy atom. The number of benzene rings is 2. The fourth-order valence-electron chi connectivity index (χ4n) is 2.53. The molecule has 0 saturated carbocycles. The second-order valence-electron chi connectivity index (χ2n) is 5.12. The summed E-state index contributed by atoms with van der Waals surface area (Å²) < 4.78 is 2.17. The molecular weight excluding hydrogens is 282 g/mol. The van der Waals surface area contributed by atoms with E-state index in [9.17, 15) is 0 Å². The molecule has 0 bridgehead atoms. The number of fused-ring (bicyclic) bond motifs is 1. The van der Waals surface area contributed by atoms with Crippen LogP contribution in [-0.4, -0.2) is 16.1 Å². The predicted molar refractivity (Wildman–Crippen MR) is 87.6 cm³/mol. The van der Waals surface area contributed by atoms with Gasteiger partial charge >= 0.3 is 0 Å². The Balaban J connectivity index is 1.62. The minimum absolute atomic E-state index is 0.230. The summed E-state index contributed by atoms with van der Waals surface area (Å²) in [4.78, 5) is 4.40. The molecule has 1 atom stereocenters. The number of halogens is 1. The van der Waals surface area contributed by atoms with E-state index in [1.165, 1.54) is 5.52 Å². The number of nitrogens with zero attached hydrogens (tertiary/aromatic N) is 2. The van der Waals surface area contributed by atoms with Crippen LogP contribution < -0.4 is 5.32 Å². The van der Waals surface area contributed by atoms with Gasteiger partial charge in [-0.3, -0.25) is 0 Å². The van der Waals surface area contributed by atoms with Crippen molar-refractivity contribution in [3.8, 4) is 0 Å². The monoisotopic (exact) mass is 299 g/mol. The zero-order chi connectivity index (χ0) is 14.7. The standard InChI is InChI=1S/C17H18ClN3/c1-13(14-6-2-3-7-15(14)18)19-10-11-21-12-20-16-8-4-5-9-17(16)21/h2-9,12-13,19H,10-11H2,1H3/t13-/m1/s1. The fourth-order valence-corrected chi connectivity index (χ4v) is 2.83. The zero-order valence-electron chi connectivity index (χ0n) is 12.0. The summed E-state index contributed by atoms with van der Waals surface area (Å²) in [5, 5.41) is 4.32. The summed E-state index contributed by atoms with van der Waals surface area (Å²) in [7, 11) is 0. The average Bonchev–Trinajstić information content (AvgIpc) is 2.91. The van der Waals surface area contributed by atoms with E-state index < -0.39 is 0 Å². The van der Waals surface area contributed by atoms with E-state index in [0.717, 1.165) is 29.2 Å². The Bertz CT molecular complexity index is 735. The first kappa shape index (κ1) is 14.1. The van der Waals surface area contributed by atoms with Gasteiger partial charge in [0.25, 0.3) is 0 Å². The van der Waals surface area contributed by atoms with Crippen molar-refractivity contribution in [3.63, 3.8) is 0 Å². The quantitative estimate of drug-likeness (QED) is 0.770. The zero-order valence-corrected chi connectivity index (χ0v) is 12.7. The number of nitrogens with one attached hydrogen (secondary N) is 1. The minimum atomic E-state index is 0.230. The molecule has 0 aliphatic heterocycles. The van der Waals surface area contributed by atoms with Gasteiger partial charge in [0.05, 0.1) is 17.4 Å². The van der Waals surface area contributed by atoms with Crippen molar-refractivity contribution in [1.29, 1.82) is 0 Å². The van der Waals surface area contributed by atoms with Crippen LogP contribution in [0, 0.1) is 0 Å². The van der Waals surface area contributed by atoms with E-state index in [2.05, 4.69) is 33.9 Å². The van der Waals surface area contributed by atoms with E-state index in [1.807, 2.05) is 42.7 Å². The van der Waals surface area contributed by atoms with Crippen molar-refractivity contribution in [2.45, 2.75) is 19.5 Å². The lowest BCUT2D eigenvalue weighted by atomic mass is 10.1. The topological polar surface area (TPSA) is 29.9 Å². The van der Waals surface area contributed by atoms with Gasteiger partial charge in [0.2, 0.25) is 0 Å². The Labute approximate surface area is 129 Å². The van der Waals surface area contributed by atoms with Gasteiger partial charge < -0.3 is 9.88 Å². The molecule has 1 N–H and O–H groups in total. The molecule has 1 heterocycles. The molecular formula is C17H18ClN3. The van der Waals surface area contributed by atoms with Crippen molar-refractivity contribution < 1.29 is 0 Å². The van der Waals surface area contributed by atoms with Crippen LogP contribution in [0.1, 0.15) is 18.5 Å². The van der Waals surface area contributed by atoms with Crippen molar-refractivity contribution in [2.75, 3.05) is 6.54 Å². The third kappa shape index (κ3) is 3.09. The summed E-state index contributed by atoms with van der Waals surface area (Å²) >= 11 is 6.22. The third-order valence-corrected chi connectivity index (χ3v) is 4.05. The second-order valence-corrected chi connectivity index (χ2v) is 5.53. The average molecular weight is 300 g/mol. The number of aromatic nitrogens is 2. The maximum atomic E-state index is 6.22. The van der Waals surface area contributed by atoms with Crippen LogP contribution in [0.5, 0.6) is 0 Å². The summed E-state index contributed by atoms with van der Waals surface area (Å²) in [6.45, 7) is 3.88. The van der Waals surface area contributed by atoms with Crippen LogP contribution in [0.15, 0.2) is 54.9 Å². The number of para-hydroxylation sites is 2. The Kier molecular flexibility index (Phi) is 4.23. The molecule has 3 rings (SSSR count). The van der Waals surface area contributed by atoms with Crippen molar-refractivity contribution in [3.05, 3.63) is 65.4 Å². The lowest BCUT2D eigenvalue weighted by Gasteiger charge is -2.16. The highest BCUT2D eigenvalue weighted by Crippen LogP contribution is 2.22. The summed E-state index contributed by atoms with van der Waals surface area (Å²) in [6.07, 6.45) is 1.90. The molecule has 0 fully saturated rings. The predicted octanol–water partition coefficient (Wildman–Crippen LogP) is 4.04. The van der Waals surface area contributed by atoms with Crippen LogP contribution in [0.25, 0.3) is 11.0 Å². The van der Waals surface area contributed by atoms with E-state index in [4.69, 9.17) is 11.6 Å². The van der Waals surface area contributed by atoms with Crippen molar-refractivity contribution in [1.82, 2.24) is 14.9 Å². The van der Waals surface area contributed by atoms with Crippen molar-refractivity contribution in [2.24, 2.45) is 0 Å². The van der Waals surface area contributed by atoms with Gasteiger partial charge in [-0.05, 0) is 30.7 Å². The van der Waals surface area contributed by atoms with Gasteiger partial charge in [-0.25, -0.2) is 4.98 Å². The Morgan fingerprint density at radius 1 is 1.14 bits per heavy atom. The molecule has 1 aromatic heterocycles. The SMILES string of the molecule is C[C@@H](NCCn1cnc2ccccc21)c1ccccc1Cl. The molecule has 0 aliphatic carbocycles. The molecule has 0 spiro atoms. The summed E-state index contributed by atoms with van der Waals surface area (Å²) in [5.74, 6) is 0. The molecule has 3 aromatic rings. The molecule has 0 saturated heterocycles. The highest BCUT2D eigenvalue weighted by Gasteiger charge is 2.08. The molecule has 2 aromatic carbocycles. The summed E-state index contributed by atoms with van der Waals surface area (Å²) in [6, 6.07) is 16.4. The number of imidazole rings is 1. The van der Waals surface area contributed by atoms with Crippen LogP contribution in [0.3, 0.4) is 0 Å². The first-order valence-electron chi connectivity index (χ1n) is 7.13. The van der Waals surface area contributed by atoms with Crippen LogP contribution in [0.4, 0.5) is 0 Å². The van der Waals surface area contributed by atoms with Crippen molar-refractivity contribution >= 4 is 22.6 Å². The van der Waals surface area contributed by atoms with Crippen LogP contribution >= 0.6 is 11.6 Å². The molecule has 108 valence electrons. The number of rotatable bonds is 5. The third-order valence-electron chi connectivity index (χ3n) is 3.70. The Hall–Kier alpha value is -1.84.